The van der Waals surface area contributed by atoms with Crippen molar-refractivity contribution < 1.29 is 14.6 Å². The van der Waals surface area contributed by atoms with Crippen molar-refractivity contribution >= 4 is 23.2 Å². The number of hydrogen-bond acceptors (Lipinski definition) is 3. The minimum absolute atomic E-state index is 0.198. The molecule has 1 fully saturated rings. The Kier molecular flexibility index (Phi) is 5.27. The predicted molar refractivity (Wildman–Crippen MR) is 71.0 cm³/mol. The zero-order valence-electron chi connectivity index (χ0n) is 9.94. The van der Waals surface area contributed by atoms with Crippen LogP contribution in [-0.2, 0) is 9.47 Å². The lowest BCUT2D eigenvalue weighted by molar-refractivity contribution is -0.183. The first-order valence-electron chi connectivity index (χ1n) is 6.03. The first kappa shape index (κ1) is 14.1. The van der Waals surface area contributed by atoms with Crippen molar-refractivity contribution in [1.29, 1.82) is 0 Å². The zero-order chi connectivity index (χ0) is 13.0. The van der Waals surface area contributed by atoms with E-state index < -0.39 is 6.10 Å². The van der Waals surface area contributed by atoms with E-state index in [1.54, 1.807) is 18.2 Å². The van der Waals surface area contributed by atoms with Crippen molar-refractivity contribution in [3.8, 4) is 0 Å². The third-order valence-corrected chi connectivity index (χ3v) is 3.64. The number of hydrogen-bond donors (Lipinski definition) is 1. The number of aliphatic hydroxyl groups excluding tert-OH is 1. The van der Waals surface area contributed by atoms with Gasteiger partial charge < -0.3 is 14.6 Å². The fraction of sp³-hybridized carbons (Fsp3) is 0.538. The normalized spacial score (nSPS) is 18.8. The molecule has 1 aromatic carbocycles. The van der Waals surface area contributed by atoms with Crippen LogP contribution in [-0.4, -0.2) is 24.6 Å². The third kappa shape index (κ3) is 3.84. The van der Waals surface area contributed by atoms with Crippen molar-refractivity contribution in [2.75, 3.05) is 13.2 Å². The highest BCUT2D eigenvalue weighted by Crippen LogP contribution is 2.28. The van der Waals surface area contributed by atoms with Crippen LogP contribution in [0.3, 0.4) is 0 Å². The average molecular weight is 291 g/mol. The molecule has 100 valence electrons. The van der Waals surface area contributed by atoms with E-state index in [9.17, 15) is 5.11 Å². The molecule has 1 N–H and O–H groups in total. The van der Waals surface area contributed by atoms with Gasteiger partial charge in [-0.2, -0.15) is 0 Å². The van der Waals surface area contributed by atoms with E-state index in [4.69, 9.17) is 32.7 Å². The quantitative estimate of drug-likeness (QED) is 0.921. The van der Waals surface area contributed by atoms with E-state index in [2.05, 4.69) is 0 Å². The molecule has 0 aliphatic carbocycles. The molecule has 2 rings (SSSR count). The largest absolute Gasteiger partial charge is 0.388 e. The second-order valence-corrected chi connectivity index (χ2v) is 5.11. The lowest BCUT2D eigenvalue weighted by Gasteiger charge is -2.24. The first-order chi connectivity index (χ1) is 8.66. The molecular weight excluding hydrogens is 275 g/mol. The number of benzene rings is 1. The number of ether oxygens (including phenoxy) is 2. The van der Waals surface area contributed by atoms with E-state index in [1.165, 1.54) is 0 Å². The van der Waals surface area contributed by atoms with E-state index in [-0.39, 0.29) is 6.29 Å². The Morgan fingerprint density at radius 3 is 2.61 bits per heavy atom. The van der Waals surface area contributed by atoms with Gasteiger partial charge >= 0.3 is 0 Å². The molecule has 0 aromatic heterocycles. The van der Waals surface area contributed by atoms with Crippen molar-refractivity contribution in [3.63, 3.8) is 0 Å². The fourth-order valence-electron chi connectivity index (χ4n) is 1.88. The van der Waals surface area contributed by atoms with Crippen LogP contribution in [0, 0.1) is 0 Å². The fourth-order valence-corrected chi connectivity index (χ4v) is 2.19. The Morgan fingerprint density at radius 1 is 1.22 bits per heavy atom. The van der Waals surface area contributed by atoms with Gasteiger partial charge in [-0.1, -0.05) is 29.3 Å². The summed E-state index contributed by atoms with van der Waals surface area (Å²) in [6, 6.07) is 5.16. The summed E-state index contributed by atoms with van der Waals surface area (Å²) in [7, 11) is 0. The zero-order valence-corrected chi connectivity index (χ0v) is 11.5. The van der Waals surface area contributed by atoms with E-state index in [1.807, 2.05) is 0 Å². The van der Waals surface area contributed by atoms with Gasteiger partial charge in [-0.25, -0.2) is 0 Å². The minimum atomic E-state index is -0.575. The van der Waals surface area contributed by atoms with Crippen molar-refractivity contribution in [3.05, 3.63) is 33.8 Å². The van der Waals surface area contributed by atoms with Gasteiger partial charge in [0.05, 0.1) is 29.4 Å². The van der Waals surface area contributed by atoms with Gasteiger partial charge in [0, 0.05) is 6.42 Å². The highest BCUT2D eigenvalue weighted by Gasteiger charge is 2.17. The highest BCUT2D eigenvalue weighted by molar-refractivity contribution is 6.42. The van der Waals surface area contributed by atoms with E-state index >= 15 is 0 Å². The van der Waals surface area contributed by atoms with Crippen LogP contribution in [0.5, 0.6) is 0 Å². The van der Waals surface area contributed by atoms with Gasteiger partial charge in [-0.15, -0.1) is 0 Å². The van der Waals surface area contributed by atoms with Gasteiger partial charge in [0.25, 0.3) is 0 Å². The van der Waals surface area contributed by atoms with Gasteiger partial charge in [0.1, 0.15) is 0 Å². The van der Waals surface area contributed by atoms with Gasteiger partial charge in [-0.05, 0) is 30.5 Å². The second-order valence-electron chi connectivity index (χ2n) is 4.29. The Balaban J connectivity index is 1.86. The highest BCUT2D eigenvalue weighted by atomic mass is 35.5. The summed E-state index contributed by atoms with van der Waals surface area (Å²) >= 11 is 11.7. The summed E-state index contributed by atoms with van der Waals surface area (Å²) in [6.07, 6.45) is 1.40. The summed E-state index contributed by atoms with van der Waals surface area (Å²) in [6.45, 7) is 1.46. The van der Waals surface area contributed by atoms with Crippen LogP contribution in [0.2, 0.25) is 10.0 Å². The maximum atomic E-state index is 10.1. The topological polar surface area (TPSA) is 38.7 Å². The molecule has 1 saturated heterocycles. The SMILES string of the molecule is O[C@@H](CCC1OCCCO1)c1ccc(Cl)c(Cl)c1. The lowest BCUT2D eigenvalue weighted by Crippen LogP contribution is -2.25. The van der Waals surface area contributed by atoms with Crippen LogP contribution in [0.15, 0.2) is 18.2 Å². The molecular formula is C13H16Cl2O3. The Bertz CT molecular complexity index is 392. The molecule has 1 aliphatic rings. The third-order valence-electron chi connectivity index (χ3n) is 2.90. The van der Waals surface area contributed by atoms with Gasteiger partial charge in [0.15, 0.2) is 6.29 Å². The molecule has 0 radical (unpaired) electrons. The summed E-state index contributed by atoms with van der Waals surface area (Å²) in [5.41, 5.74) is 0.764. The van der Waals surface area contributed by atoms with Crippen LogP contribution >= 0.6 is 23.2 Å². The Labute approximate surface area is 117 Å². The smallest absolute Gasteiger partial charge is 0.157 e. The molecule has 0 unspecified atom stereocenters. The molecule has 18 heavy (non-hydrogen) atoms. The number of rotatable bonds is 4. The van der Waals surface area contributed by atoms with Gasteiger partial charge in [0.2, 0.25) is 0 Å². The maximum Gasteiger partial charge on any atom is 0.157 e. The standard InChI is InChI=1S/C13H16Cl2O3/c14-10-3-2-9(8-11(10)15)12(16)4-5-13-17-6-1-7-18-13/h2-3,8,12-13,16H,1,4-7H2/t12-/m0/s1. The molecule has 0 spiro atoms. The second kappa shape index (κ2) is 6.73. The molecule has 0 amide bonds. The maximum absolute atomic E-state index is 10.1. The van der Waals surface area contributed by atoms with Crippen LogP contribution in [0.4, 0.5) is 0 Å². The number of aliphatic hydroxyl groups is 1. The van der Waals surface area contributed by atoms with Crippen LogP contribution in [0.25, 0.3) is 0 Å². The molecule has 1 heterocycles. The summed E-state index contributed by atoms with van der Waals surface area (Å²) in [5.74, 6) is 0. The Morgan fingerprint density at radius 2 is 1.94 bits per heavy atom. The van der Waals surface area contributed by atoms with Crippen molar-refractivity contribution in [2.45, 2.75) is 31.7 Å². The minimum Gasteiger partial charge on any atom is -0.388 e. The summed E-state index contributed by atoms with van der Waals surface area (Å²) in [4.78, 5) is 0. The van der Waals surface area contributed by atoms with Crippen LogP contribution in [0.1, 0.15) is 30.9 Å². The molecule has 0 bridgehead atoms. The van der Waals surface area contributed by atoms with Gasteiger partial charge in [-0.3, -0.25) is 0 Å². The molecule has 1 aromatic rings. The monoisotopic (exact) mass is 290 g/mol. The predicted octanol–water partition coefficient (Wildman–Crippen LogP) is 3.57. The Hall–Kier alpha value is -0.320. The summed E-state index contributed by atoms with van der Waals surface area (Å²) < 4.78 is 10.9. The molecule has 3 nitrogen and oxygen atoms in total. The van der Waals surface area contributed by atoms with Crippen molar-refractivity contribution in [1.82, 2.24) is 0 Å². The van der Waals surface area contributed by atoms with E-state index in [0.717, 1.165) is 25.2 Å². The molecule has 5 heteroatoms. The van der Waals surface area contributed by atoms with Crippen molar-refractivity contribution in [2.24, 2.45) is 0 Å². The molecule has 0 saturated carbocycles. The summed E-state index contributed by atoms with van der Waals surface area (Å²) in [5, 5.41) is 11.0. The number of halogens is 2. The van der Waals surface area contributed by atoms with E-state index in [0.29, 0.717) is 22.9 Å². The first-order valence-corrected chi connectivity index (χ1v) is 6.78. The molecule has 1 atom stereocenters. The lowest BCUT2D eigenvalue weighted by atomic mass is 10.0. The average Bonchev–Trinajstić information content (AvgIpc) is 2.40. The molecule has 1 aliphatic heterocycles. The van der Waals surface area contributed by atoms with Crippen LogP contribution < -0.4 is 0 Å².